The minimum Gasteiger partial charge on any atom is -0.493 e. The van der Waals surface area contributed by atoms with Gasteiger partial charge in [-0.3, -0.25) is 9.78 Å². The van der Waals surface area contributed by atoms with Gasteiger partial charge >= 0.3 is 6.18 Å². The molecule has 0 amide bonds. The highest BCUT2D eigenvalue weighted by Gasteiger charge is 2.30. The molecule has 0 fully saturated rings. The van der Waals surface area contributed by atoms with Crippen LogP contribution in [0.15, 0.2) is 66.9 Å². The lowest BCUT2D eigenvalue weighted by Gasteiger charge is -2.13. The topological polar surface area (TPSA) is 57.7 Å². The second kappa shape index (κ2) is 11.8. The molecule has 1 aromatic heterocycles. The third kappa shape index (κ3) is 6.88. The normalized spacial score (nSPS) is 11.3. The molecule has 0 radical (unpaired) electrons. The lowest BCUT2D eigenvalue weighted by atomic mass is 10.0. The Bertz CT molecular complexity index is 1540. The minimum atomic E-state index is -4.49. The first-order valence-electron chi connectivity index (χ1n) is 11.7. The number of pyridine rings is 1. The van der Waals surface area contributed by atoms with Gasteiger partial charge in [0.05, 0.1) is 25.3 Å². The second-order valence-corrected chi connectivity index (χ2v) is 9.27. The fourth-order valence-corrected chi connectivity index (χ4v) is 4.36. The van der Waals surface area contributed by atoms with Gasteiger partial charge in [-0.2, -0.15) is 13.2 Å². The molecule has 0 aliphatic heterocycles. The van der Waals surface area contributed by atoms with Gasteiger partial charge in [-0.15, -0.1) is 0 Å². The number of methoxy groups -OCH3 is 2. The van der Waals surface area contributed by atoms with Gasteiger partial charge in [-0.1, -0.05) is 36.5 Å². The summed E-state index contributed by atoms with van der Waals surface area (Å²) in [6.07, 6.45) is -3.27. The van der Waals surface area contributed by atoms with Crippen molar-refractivity contribution in [3.05, 3.63) is 89.4 Å². The van der Waals surface area contributed by atoms with Gasteiger partial charge in [0, 0.05) is 47.8 Å². The van der Waals surface area contributed by atoms with Crippen molar-refractivity contribution >= 4 is 33.8 Å². The van der Waals surface area contributed by atoms with Crippen LogP contribution in [-0.2, 0) is 23.8 Å². The minimum absolute atomic E-state index is 0.0188. The standard InChI is InChI=1S/C29H23F4NO4S/c1-36-27-15-23-25(16-28(27)37-2)34-9-8-26(23)38-21-7-6-18(24(30)14-21)12-22(39)13-20(35)11-17-4-3-5-19(10-17)29(31,32)33/h3-10,14-16H,11-13H2,1-2H3. The third-order valence-corrected chi connectivity index (χ3v) is 6.19. The van der Waals surface area contributed by atoms with Crippen molar-refractivity contribution in [2.45, 2.75) is 25.4 Å². The van der Waals surface area contributed by atoms with E-state index in [2.05, 4.69) is 4.98 Å². The number of carbonyl (C=O) groups is 1. The number of halogens is 4. The van der Waals surface area contributed by atoms with E-state index in [9.17, 15) is 22.4 Å². The molecular weight excluding hydrogens is 534 g/mol. The molecule has 0 unspecified atom stereocenters. The predicted octanol–water partition coefficient (Wildman–Crippen LogP) is 7.32. The summed E-state index contributed by atoms with van der Waals surface area (Å²) in [5.74, 6) is 0.748. The maximum absolute atomic E-state index is 14.9. The summed E-state index contributed by atoms with van der Waals surface area (Å²) in [4.78, 5) is 17.0. The molecule has 3 aromatic carbocycles. The van der Waals surface area contributed by atoms with Crippen LogP contribution in [0.3, 0.4) is 0 Å². The average molecular weight is 558 g/mol. The van der Waals surface area contributed by atoms with Crippen LogP contribution in [0.2, 0.25) is 0 Å². The number of carbonyl (C=O) groups excluding carboxylic acids is 1. The molecule has 0 spiro atoms. The Morgan fingerprint density at radius 3 is 2.36 bits per heavy atom. The predicted molar refractivity (Wildman–Crippen MR) is 142 cm³/mol. The zero-order valence-electron chi connectivity index (χ0n) is 21.0. The van der Waals surface area contributed by atoms with Crippen molar-refractivity contribution in [3.8, 4) is 23.0 Å². The van der Waals surface area contributed by atoms with E-state index in [0.29, 0.717) is 28.2 Å². The average Bonchev–Trinajstić information content (AvgIpc) is 2.89. The number of thiocarbonyl (C=S) groups is 1. The van der Waals surface area contributed by atoms with Crippen LogP contribution in [0.4, 0.5) is 17.6 Å². The summed E-state index contributed by atoms with van der Waals surface area (Å²) in [6, 6.07) is 14.0. The molecule has 39 heavy (non-hydrogen) atoms. The Hall–Kier alpha value is -4.05. The maximum atomic E-state index is 14.9. The maximum Gasteiger partial charge on any atom is 0.416 e. The van der Waals surface area contributed by atoms with Gasteiger partial charge in [0.2, 0.25) is 0 Å². The number of ether oxygens (including phenoxy) is 3. The lowest BCUT2D eigenvalue weighted by molar-refractivity contribution is -0.137. The number of rotatable bonds is 10. The van der Waals surface area contributed by atoms with Crippen LogP contribution in [0.1, 0.15) is 23.1 Å². The van der Waals surface area contributed by atoms with Gasteiger partial charge in [-0.05, 0) is 35.4 Å². The molecule has 0 bridgehead atoms. The number of ketones is 1. The second-order valence-electron chi connectivity index (χ2n) is 8.69. The number of benzene rings is 3. The van der Waals surface area contributed by atoms with E-state index in [1.807, 2.05) is 0 Å². The van der Waals surface area contributed by atoms with Crippen molar-refractivity contribution in [2.24, 2.45) is 0 Å². The molecule has 0 N–H and O–H groups in total. The molecule has 4 aromatic rings. The number of aromatic nitrogens is 1. The van der Waals surface area contributed by atoms with Crippen molar-refractivity contribution in [1.29, 1.82) is 0 Å². The van der Waals surface area contributed by atoms with Crippen molar-refractivity contribution in [1.82, 2.24) is 4.98 Å². The molecule has 0 atom stereocenters. The zero-order chi connectivity index (χ0) is 28.2. The molecule has 0 aliphatic carbocycles. The van der Waals surface area contributed by atoms with Gasteiger partial charge in [0.25, 0.3) is 0 Å². The fourth-order valence-electron chi connectivity index (χ4n) is 4.04. The summed E-state index contributed by atoms with van der Waals surface area (Å²) in [5, 5.41) is 0.639. The molecule has 0 aliphatic rings. The summed E-state index contributed by atoms with van der Waals surface area (Å²) in [6.45, 7) is 0. The van der Waals surface area contributed by atoms with Crippen molar-refractivity contribution < 1.29 is 36.6 Å². The molecule has 202 valence electrons. The van der Waals surface area contributed by atoms with E-state index >= 15 is 0 Å². The van der Waals surface area contributed by atoms with Crippen LogP contribution < -0.4 is 14.2 Å². The Morgan fingerprint density at radius 2 is 1.67 bits per heavy atom. The smallest absolute Gasteiger partial charge is 0.416 e. The Balaban J connectivity index is 1.42. The first kappa shape index (κ1) is 28.0. The highest BCUT2D eigenvalue weighted by Crippen LogP contribution is 2.37. The van der Waals surface area contributed by atoms with E-state index in [-0.39, 0.29) is 46.8 Å². The van der Waals surface area contributed by atoms with Crippen LogP contribution in [0.5, 0.6) is 23.0 Å². The summed E-state index contributed by atoms with van der Waals surface area (Å²) in [7, 11) is 3.03. The number of fused-ring (bicyclic) bond motifs is 1. The van der Waals surface area contributed by atoms with Crippen molar-refractivity contribution in [3.63, 3.8) is 0 Å². The van der Waals surface area contributed by atoms with Gasteiger partial charge in [0.15, 0.2) is 11.5 Å². The molecule has 5 nitrogen and oxygen atoms in total. The summed E-state index contributed by atoms with van der Waals surface area (Å²) < 4.78 is 70.2. The largest absolute Gasteiger partial charge is 0.493 e. The Kier molecular flexibility index (Phi) is 8.44. The molecule has 0 saturated heterocycles. The summed E-state index contributed by atoms with van der Waals surface area (Å²) >= 11 is 5.28. The quantitative estimate of drug-likeness (QED) is 0.151. The van der Waals surface area contributed by atoms with E-state index in [1.54, 1.807) is 30.5 Å². The molecule has 0 saturated carbocycles. The third-order valence-electron chi connectivity index (χ3n) is 5.90. The highest BCUT2D eigenvalue weighted by molar-refractivity contribution is 7.80. The van der Waals surface area contributed by atoms with Gasteiger partial charge in [0.1, 0.15) is 23.1 Å². The molecule has 4 rings (SSSR count). The highest BCUT2D eigenvalue weighted by atomic mass is 32.1. The van der Waals surface area contributed by atoms with E-state index in [0.717, 1.165) is 12.1 Å². The number of hydrogen-bond donors (Lipinski definition) is 0. The van der Waals surface area contributed by atoms with Crippen LogP contribution >= 0.6 is 12.2 Å². The number of hydrogen-bond acceptors (Lipinski definition) is 6. The fraction of sp³-hybridized carbons (Fsp3) is 0.207. The van der Waals surface area contributed by atoms with E-state index in [1.165, 1.54) is 38.5 Å². The number of nitrogens with zero attached hydrogens (tertiary/aromatic N) is 1. The number of alkyl halides is 3. The first-order valence-corrected chi connectivity index (χ1v) is 12.1. The number of Topliss-reactive ketones (excluding diaryl/α,β-unsaturated/α-hetero) is 1. The van der Waals surface area contributed by atoms with Crippen LogP contribution in [-0.4, -0.2) is 29.9 Å². The molecular formula is C29H23F4NO4S. The monoisotopic (exact) mass is 557 g/mol. The summed E-state index contributed by atoms with van der Waals surface area (Å²) in [5.41, 5.74) is 0.288. The van der Waals surface area contributed by atoms with E-state index < -0.39 is 17.6 Å². The van der Waals surface area contributed by atoms with Gasteiger partial charge in [-0.25, -0.2) is 4.39 Å². The van der Waals surface area contributed by atoms with Crippen LogP contribution in [0.25, 0.3) is 10.9 Å². The Labute approximate surface area is 227 Å². The molecule has 1 heterocycles. The SMILES string of the molecule is COc1cc2nccc(Oc3ccc(CC(=S)CC(=O)Cc4cccc(C(F)(F)F)c4)c(F)c3)c2cc1OC. The van der Waals surface area contributed by atoms with E-state index in [4.69, 9.17) is 26.4 Å². The Morgan fingerprint density at radius 1 is 0.923 bits per heavy atom. The van der Waals surface area contributed by atoms with Crippen LogP contribution in [0, 0.1) is 5.82 Å². The molecule has 10 heteroatoms. The van der Waals surface area contributed by atoms with Crippen molar-refractivity contribution in [2.75, 3.05) is 14.2 Å². The lowest BCUT2D eigenvalue weighted by Crippen LogP contribution is -2.12. The van der Waals surface area contributed by atoms with Gasteiger partial charge < -0.3 is 14.2 Å². The zero-order valence-corrected chi connectivity index (χ0v) is 21.8. The first-order chi connectivity index (χ1) is 18.6.